The number of aryl methyl sites for hydroxylation is 2. The molecule has 112 valence electrons. The van der Waals surface area contributed by atoms with Crippen LogP contribution in [-0.2, 0) is 6.42 Å². The molecule has 1 N–H and O–H groups in total. The summed E-state index contributed by atoms with van der Waals surface area (Å²) in [4.78, 5) is 4.54. The SMILES string of the molecule is CCc1nc(C)ccc1Oc1cccc(C(CC)NC)c1. The minimum atomic E-state index is 0.357. The molecular weight excluding hydrogens is 260 g/mol. The van der Waals surface area contributed by atoms with Gasteiger partial charge in [0, 0.05) is 11.7 Å². The Bertz CT molecular complexity index is 592. The van der Waals surface area contributed by atoms with Gasteiger partial charge < -0.3 is 10.1 Å². The molecule has 0 spiro atoms. The van der Waals surface area contributed by atoms with Crippen LogP contribution >= 0.6 is 0 Å². The second-order valence-corrected chi connectivity index (χ2v) is 5.18. The Morgan fingerprint density at radius 2 is 2.00 bits per heavy atom. The van der Waals surface area contributed by atoms with E-state index >= 15 is 0 Å². The van der Waals surface area contributed by atoms with Gasteiger partial charge in [0.05, 0.1) is 5.69 Å². The van der Waals surface area contributed by atoms with Gasteiger partial charge in [-0.25, -0.2) is 0 Å². The number of nitrogens with one attached hydrogen (secondary N) is 1. The number of nitrogens with zero attached hydrogens (tertiary/aromatic N) is 1. The molecule has 0 radical (unpaired) electrons. The summed E-state index contributed by atoms with van der Waals surface area (Å²) >= 11 is 0. The zero-order valence-corrected chi connectivity index (χ0v) is 13.3. The average Bonchev–Trinajstić information content (AvgIpc) is 2.51. The second kappa shape index (κ2) is 7.23. The van der Waals surface area contributed by atoms with Crippen LogP contribution in [-0.4, -0.2) is 12.0 Å². The number of ether oxygens (including phenoxy) is 1. The first-order valence-corrected chi connectivity index (χ1v) is 7.59. The maximum absolute atomic E-state index is 6.04. The van der Waals surface area contributed by atoms with Gasteiger partial charge in [-0.1, -0.05) is 26.0 Å². The van der Waals surface area contributed by atoms with E-state index in [0.717, 1.165) is 35.7 Å². The van der Waals surface area contributed by atoms with Crippen molar-refractivity contribution in [2.75, 3.05) is 7.05 Å². The van der Waals surface area contributed by atoms with Crippen molar-refractivity contribution in [3.05, 3.63) is 53.3 Å². The van der Waals surface area contributed by atoms with Gasteiger partial charge in [0.1, 0.15) is 11.5 Å². The van der Waals surface area contributed by atoms with E-state index < -0.39 is 0 Å². The lowest BCUT2D eigenvalue weighted by Gasteiger charge is -2.16. The molecule has 0 amide bonds. The number of hydrogen-bond acceptors (Lipinski definition) is 3. The quantitative estimate of drug-likeness (QED) is 0.853. The fraction of sp³-hybridized carbons (Fsp3) is 0.389. The first-order valence-electron chi connectivity index (χ1n) is 7.59. The van der Waals surface area contributed by atoms with Crippen LogP contribution in [0.25, 0.3) is 0 Å². The largest absolute Gasteiger partial charge is 0.455 e. The minimum Gasteiger partial charge on any atom is -0.455 e. The van der Waals surface area contributed by atoms with E-state index in [1.807, 2.05) is 38.2 Å². The molecule has 0 saturated carbocycles. The van der Waals surface area contributed by atoms with Crippen LogP contribution in [0.15, 0.2) is 36.4 Å². The molecule has 0 aliphatic heterocycles. The number of aromatic nitrogens is 1. The molecule has 2 rings (SSSR count). The number of benzene rings is 1. The van der Waals surface area contributed by atoms with Crippen molar-refractivity contribution in [2.24, 2.45) is 0 Å². The Balaban J connectivity index is 2.26. The van der Waals surface area contributed by atoms with Crippen LogP contribution in [0.1, 0.15) is 43.3 Å². The summed E-state index contributed by atoms with van der Waals surface area (Å²) in [5.74, 6) is 1.71. The highest BCUT2D eigenvalue weighted by Crippen LogP contribution is 2.27. The lowest BCUT2D eigenvalue weighted by Crippen LogP contribution is -2.15. The summed E-state index contributed by atoms with van der Waals surface area (Å²) < 4.78 is 6.04. The predicted octanol–water partition coefficient (Wildman–Crippen LogP) is 4.42. The monoisotopic (exact) mass is 284 g/mol. The van der Waals surface area contributed by atoms with Crippen molar-refractivity contribution in [1.29, 1.82) is 0 Å². The molecule has 1 atom stereocenters. The first kappa shape index (κ1) is 15.5. The fourth-order valence-corrected chi connectivity index (χ4v) is 2.47. The molecule has 1 heterocycles. The summed E-state index contributed by atoms with van der Waals surface area (Å²) in [6, 6.07) is 12.6. The standard InChI is InChI=1S/C18H24N2O/c1-5-16(19-4)14-8-7-9-15(12-14)21-18-11-10-13(3)20-17(18)6-2/h7-12,16,19H,5-6H2,1-4H3. The summed E-state index contributed by atoms with van der Waals surface area (Å²) in [6.07, 6.45) is 1.91. The zero-order valence-electron chi connectivity index (χ0n) is 13.3. The zero-order chi connectivity index (χ0) is 15.2. The molecule has 3 nitrogen and oxygen atoms in total. The molecule has 1 unspecified atom stereocenters. The van der Waals surface area contributed by atoms with E-state index in [4.69, 9.17) is 4.74 Å². The third-order valence-corrected chi connectivity index (χ3v) is 3.65. The number of hydrogen-bond donors (Lipinski definition) is 1. The summed E-state index contributed by atoms with van der Waals surface area (Å²) in [5.41, 5.74) is 3.27. The van der Waals surface area contributed by atoms with Crippen molar-refractivity contribution < 1.29 is 4.74 Å². The van der Waals surface area contributed by atoms with Gasteiger partial charge in [-0.15, -0.1) is 0 Å². The van der Waals surface area contributed by atoms with Crippen LogP contribution in [0.5, 0.6) is 11.5 Å². The topological polar surface area (TPSA) is 34.1 Å². The van der Waals surface area contributed by atoms with Gasteiger partial charge in [0.25, 0.3) is 0 Å². The fourth-order valence-electron chi connectivity index (χ4n) is 2.47. The van der Waals surface area contributed by atoms with Crippen LogP contribution in [0.4, 0.5) is 0 Å². The van der Waals surface area contributed by atoms with Crippen molar-refractivity contribution in [2.45, 2.75) is 39.7 Å². The Hall–Kier alpha value is -1.87. The van der Waals surface area contributed by atoms with Gasteiger partial charge in [0.2, 0.25) is 0 Å². The maximum Gasteiger partial charge on any atom is 0.148 e. The molecule has 1 aromatic carbocycles. The van der Waals surface area contributed by atoms with E-state index in [9.17, 15) is 0 Å². The van der Waals surface area contributed by atoms with E-state index in [1.54, 1.807) is 0 Å². The highest BCUT2D eigenvalue weighted by molar-refractivity contribution is 5.37. The smallest absolute Gasteiger partial charge is 0.148 e. The highest BCUT2D eigenvalue weighted by Gasteiger charge is 2.09. The average molecular weight is 284 g/mol. The van der Waals surface area contributed by atoms with Gasteiger partial charge in [-0.2, -0.15) is 0 Å². The van der Waals surface area contributed by atoms with Gasteiger partial charge in [-0.3, -0.25) is 4.98 Å². The number of rotatable bonds is 6. The first-order chi connectivity index (χ1) is 10.2. The van der Waals surface area contributed by atoms with Crippen LogP contribution in [0.3, 0.4) is 0 Å². The Kier molecular flexibility index (Phi) is 5.34. The summed E-state index contributed by atoms with van der Waals surface area (Å²) in [7, 11) is 1.99. The van der Waals surface area contributed by atoms with Crippen LogP contribution < -0.4 is 10.1 Å². The number of pyridine rings is 1. The minimum absolute atomic E-state index is 0.357. The Labute approximate surface area is 127 Å². The highest BCUT2D eigenvalue weighted by atomic mass is 16.5. The second-order valence-electron chi connectivity index (χ2n) is 5.18. The Morgan fingerprint density at radius 1 is 1.19 bits per heavy atom. The van der Waals surface area contributed by atoms with Gasteiger partial charge in [0.15, 0.2) is 0 Å². The molecule has 0 aliphatic rings. The maximum atomic E-state index is 6.04. The third kappa shape index (κ3) is 3.82. The normalized spacial score (nSPS) is 12.2. The van der Waals surface area contributed by atoms with Crippen molar-refractivity contribution >= 4 is 0 Å². The molecular formula is C18H24N2O. The molecule has 2 aromatic rings. The Morgan fingerprint density at radius 3 is 2.67 bits per heavy atom. The van der Waals surface area contributed by atoms with E-state index in [0.29, 0.717) is 6.04 Å². The van der Waals surface area contributed by atoms with Crippen molar-refractivity contribution in [3.8, 4) is 11.5 Å². The molecule has 0 bridgehead atoms. The summed E-state index contributed by atoms with van der Waals surface area (Å²) in [6.45, 7) is 6.27. The van der Waals surface area contributed by atoms with Crippen molar-refractivity contribution in [1.82, 2.24) is 10.3 Å². The lowest BCUT2D eigenvalue weighted by molar-refractivity contribution is 0.470. The van der Waals surface area contributed by atoms with E-state index in [1.165, 1.54) is 5.56 Å². The molecule has 1 aromatic heterocycles. The third-order valence-electron chi connectivity index (χ3n) is 3.65. The van der Waals surface area contributed by atoms with E-state index in [-0.39, 0.29) is 0 Å². The predicted molar refractivity (Wildman–Crippen MR) is 87.0 cm³/mol. The van der Waals surface area contributed by atoms with Gasteiger partial charge in [-0.05, 0) is 56.6 Å². The lowest BCUT2D eigenvalue weighted by atomic mass is 10.0. The van der Waals surface area contributed by atoms with Gasteiger partial charge >= 0.3 is 0 Å². The van der Waals surface area contributed by atoms with E-state index in [2.05, 4.69) is 36.3 Å². The molecule has 0 saturated heterocycles. The molecule has 3 heteroatoms. The summed E-state index contributed by atoms with van der Waals surface area (Å²) in [5, 5.41) is 3.32. The molecule has 0 aliphatic carbocycles. The van der Waals surface area contributed by atoms with Crippen LogP contribution in [0.2, 0.25) is 0 Å². The molecule has 21 heavy (non-hydrogen) atoms. The van der Waals surface area contributed by atoms with Crippen LogP contribution in [0, 0.1) is 6.92 Å². The van der Waals surface area contributed by atoms with Crippen molar-refractivity contribution in [3.63, 3.8) is 0 Å². The molecule has 0 fully saturated rings.